The van der Waals surface area contributed by atoms with Crippen molar-refractivity contribution in [3.63, 3.8) is 0 Å². The number of halogens is 2. The third kappa shape index (κ3) is 2.42. The lowest BCUT2D eigenvalue weighted by molar-refractivity contribution is 0.109. The second-order valence-corrected chi connectivity index (χ2v) is 3.93. The molecule has 0 unspecified atom stereocenters. The van der Waals surface area contributed by atoms with Crippen molar-refractivity contribution >= 4 is 6.29 Å². The molecule has 6 heteroatoms. The van der Waals surface area contributed by atoms with Crippen molar-refractivity contribution in [2.75, 3.05) is 0 Å². The van der Waals surface area contributed by atoms with E-state index in [0.29, 0.717) is 6.29 Å². The predicted molar refractivity (Wildman–Crippen MR) is 60.6 cm³/mol. The van der Waals surface area contributed by atoms with Crippen LogP contribution in [-0.4, -0.2) is 21.3 Å². The number of nitrogens with zero attached hydrogens (tertiary/aromatic N) is 3. The van der Waals surface area contributed by atoms with Gasteiger partial charge in [0, 0.05) is 0 Å². The van der Waals surface area contributed by atoms with Crippen LogP contribution in [-0.2, 0) is 6.54 Å². The van der Waals surface area contributed by atoms with Crippen LogP contribution in [0.5, 0.6) is 0 Å². The molecule has 0 fully saturated rings. The van der Waals surface area contributed by atoms with Crippen LogP contribution in [0.4, 0.5) is 8.78 Å². The molecule has 0 saturated heterocycles. The number of hydrogen-bond donors (Lipinski definition) is 0. The molecule has 0 aliphatic rings. The number of aromatic nitrogens is 3. The van der Waals surface area contributed by atoms with Crippen molar-refractivity contribution in [2.24, 2.45) is 0 Å². The van der Waals surface area contributed by atoms with E-state index in [1.807, 2.05) is 31.2 Å². The van der Waals surface area contributed by atoms with Crippen molar-refractivity contribution in [1.29, 1.82) is 0 Å². The molecule has 0 aliphatic carbocycles. The fraction of sp³-hybridized carbons (Fsp3) is 0.250. The van der Waals surface area contributed by atoms with Gasteiger partial charge >= 0.3 is 0 Å². The first-order chi connectivity index (χ1) is 8.61. The summed E-state index contributed by atoms with van der Waals surface area (Å²) in [6.07, 6.45) is -2.48. The average molecular weight is 251 g/mol. The molecule has 0 bridgehead atoms. The largest absolute Gasteiger partial charge is 0.296 e. The van der Waals surface area contributed by atoms with E-state index in [2.05, 4.69) is 10.3 Å². The van der Waals surface area contributed by atoms with Crippen LogP contribution in [0.3, 0.4) is 0 Å². The molecule has 0 radical (unpaired) electrons. The summed E-state index contributed by atoms with van der Waals surface area (Å²) < 4.78 is 26.7. The van der Waals surface area contributed by atoms with Gasteiger partial charge in [-0.25, -0.2) is 13.5 Å². The number of carbonyl (C=O) groups is 1. The molecule has 1 aromatic carbocycles. The molecule has 0 aliphatic heterocycles. The zero-order chi connectivity index (χ0) is 13.1. The molecule has 0 N–H and O–H groups in total. The third-order valence-corrected chi connectivity index (χ3v) is 2.53. The molecule has 94 valence electrons. The van der Waals surface area contributed by atoms with Gasteiger partial charge in [-0.2, -0.15) is 0 Å². The first-order valence-corrected chi connectivity index (χ1v) is 5.34. The lowest BCUT2D eigenvalue weighted by Gasteiger charge is -2.06. The number of aldehydes is 1. The highest BCUT2D eigenvalue weighted by molar-refractivity contribution is 5.73. The number of alkyl halides is 2. The van der Waals surface area contributed by atoms with Gasteiger partial charge in [0.05, 0.1) is 6.54 Å². The zero-order valence-corrected chi connectivity index (χ0v) is 9.68. The third-order valence-electron chi connectivity index (χ3n) is 2.53. The molecular formula is C12H11F2N3O. The fourth-order valence-corrected chi connectivity index (χ4v) is 1.74. The van der Waals surface area contributed by atoms with Crippen LogP contribution in [0.15, 0.2) is 24.3 Å². The Morgan fingerprint density at radius 1 is 1.44 bits per heavy atom. The Kier molecular flexibility index (Phi) is 3.45. The molecule has 0 atom stereocenters. The van der Waals surface area contributed by atoms with Gasteiger partial charge < -0.3 is 0 Å². The molecule has 4 nitrogen and oxygen atoms in total. The molecule has 1 heterocycles. The first-order valence-electron chi connectivity index (χ1n) is 5.34. The van der Waals surface area contributed by atoms with Crippen LogP contribution in [0.1, 0.15) is 33.7 Å². The maximum Gasteiger partial charge on any atom is 0.282 e. The Morgan fingerprint density at radius 3 is 2.83 bits per heavy atom. The smallest absolute Gasteiger partial charge is 0.282 e. The summed E-state index contributed by atoms with van der Waals surface area (Å²) in [5.74, 6) is 0. The number of hydrogen-bond acceptors (Lipinski definition) is 3. The quantitative estimate of drug-likeness (QED) is 0.784. The zero-order valence-electron chi connectivity index (χ0n) is 9.68. The molecule has 2 rings (SSSR count). The number of carbonyl (C=O) groups excluding carboxylic acids is 1. The van der Waals surface area contributed by atoms with E-state index >= 15 is 0 Å². The van der Waals surface area contributed by atoms with Gasteiger partial charge in [0.15, 0.2) is 12.0 Å². The summed E-state index contributed by atoms with van der Waals surface area (Å²) >= 11 is 0. The maximum atomic E-state index is 12.8. The second kappa shape index (κ2) is 5.03. The summed E-state index contributed by atoms with van der Waals surface area (Å²) in [7, 11) is 0. The van der Waals surface area contributed by atoms with Crippen molar-refractivity contribution in [3.8, 4) is 0 Å². The lowest BCUT2D eigenvalue weighted by Crippen LogP contribution is -2.08. The molecule has 0 spiro atoms. The molecule has 0 saturated carbocycles. The van der Waals surface area contributed by atoms with E-state index in [1.54, 1.807) is 0 Å². The van der Waals surface area contributed by atoms with Crippen molar-refractivity contribution in [2.45, 2.75) is 19.9 Å². The Morgan fingerprint density at radius 2 is 2.22 bits per heavy atom. The van der Waals surface area contributed by atoms with Crippen LogP contribution in [0.2, 0.25) is 0 Å². The fourth-order valence-electron chi connectivity index (χ4n) is 1.74. The highest BCUT2D eigenvalue weighted by atomic mass is 19.3. The average Bonchev–Trinajstić information content (AvgIpc) is 2.72. The summed E-state index contributed by atoms with van der Waals surface area (Å²) in [6, 6.07) is 7.43. The van der Waals surface area contributed by atoms with Crippen molar-refractivity contribution < 1.29 is 13.6 Å². The first kappa shape index (κ1) is 12.3. The highest BCUT2D eigenvalue weighted by Gasteiger charge is 2.21. The van der Waals surface area contributed by atoms with Crippen LogP contribution >= 0.6 is 0 Å². The minimum absolute atomic E-state index is 0.169. The molecule has 1 aromatic heterocycles. The molecular weight excluding hydrogens is 240 g/mol. The lowest BCUT2D eigenvalue weighted by atomic mass is 10.1. The standard InChI is InChI=1S/C12H11F2N3O/c1-8-3-2-4-9(5-8)6-17-11(12(13)14)10(7-18)15-16-17/h2-5,7,12H,6H2,1H3. The monoisotopic (exact) mass is 251 g/mol. The maximum absolute atomic E-state index is 12.8. The Hall–Kier alpha value is -2.11. The van der Waals surface area contributed by atoms with Gasteiger partial charge in [-0.3, -0.25) is 4.79 Å². The van der Waals surface area contributed by atoms with E-state index in [-0.39, 0.29) is 12.2 Å². The van der Waals surface area contributed by atoms with E-state index in [0.717, 1.165) is 15.8 Å². The normalized spacial score (nSPS) is 10.9. The van der Waals surface area contributed by atoms with Crippen LogP contribution < -0.4 is 0 Å². The summed E-state index contributed by atoms with van der Waals surface area (Å²) in [6.45, 7) is 2.08. The summed E-state index contributed by atoms with van der Waals surface area (Å²) in [4.78, 5) is 10.6. The van der Waals surface area contributed by atoms with Crippen molar-refractivity contribution in [3.05, 3.63) is 46.8 Å². The van der Waals surface area contributed by atoms with Gasteiger partial charge in [-0.15, -0.1) is 5.10 Å². The highest BCUT2D eigenvalue weighted by Crippen LogP contribution is 2.21. The van der Waals surface area contributed by atoms with Gasteiger partial charge in [0.1, 0.15) is 5.69 Å². The van der Waals surface area contributed by atoms with Crippen molar-refractivity contribution in [1.82, 2.24) is 15.0 Å². The second-order valence-electron chi connectivity index (χ2n) is 3.93. The van der Waals surface area contributed by atoms with Gasteiger partial charge in [-0.1, -0.05) is 35.0 Å². The number of aryl methyl sites for hydroxylation is 1. The van der Waals surface area contributed by atoms with Crippen LogP contribution in [0.25, 0.3) is 0 Å². The molecule has 0 amide bonds. The van der Waals surface area contributed by atoms with Gasteiger partial charge in [0.2, 0.25) is 0 Å². The van der Waals surface area contributed by atoms with E-state index in [1.165, 1.54) is 0 Å². The predicted octanol–water partition coefficient (Wildman–Crippen LogP) is 2.38. The Labute approximate surface area is 102 Å². The topological polar surface area (TPSA) is 47.8 Å². The van der Waals surface area contributed by atoms with E-state index in [4.69, 9.17) is 0 Å². The minimum Gasteiger partial charge on any atom is -0.296 e. The van der Waals surface area contributed by atoms with E-state index in [9.17, 15) is 13.6 Å². The molecule has 2 aromatic rings. The Bertz CT molecular complexity index is 566. The Balaban J connectivity index is 2.34. The SMILES string of the molecule is Cc1cccc(Cn2nnc(C=O)c2C(F)F)c1. The van der Waals surface area contributed by atoms with Gasteiger partial charge in [0.25, 0.3) is 6.43 Å². The number of rotatable bonds is 4. The summed E-state index contributed by atoms with van der Waals surface area (Å²) in [5, 5.41) is 7.03. The van der Waals surface area contributed by atoms with Gasteiger partial charge in [-0.05, 0) is 12.5 Å². The number of benzene rings is 1. The molecule has 18 heavy (non-hydrogen) atoms. The summed E-state index contributed by atoms with van der Waals surface area (Å²) in [5.41, 5.74) is 1.12. The minimum atomic E-state index is -2.77. The van der Waals surface area contributed by atoms with E-state index < -0.39 is 12.1 Å². The van der Waals surface area contributed by atoms with Crippen LogP contribution in [0, 0.1) is 6.92 Å².